The molecule has 0 nitrogen and oxygen atoms in total. The first kappa shape index (κ1) is 13.3. The van der Waals surface area contributed by atoms with Gasteiger partial charge in [0.15, 0.2) is 0 Å². The molecule has 2 rings (SSSR count). The van der Waals surface area contributed by atoms with Gasteiger partial charge in [0.05, 0.1) is 15.1 Å². The van der Waals surface area contributed by atoms with Crippen molar-refractivity contribution in [1.82, 2.24) is 0 Å². The lowest BCUT2D eigenvalue weighted by Gasteiger charge is -2.08. The first-order chi connectivity index (χ1) is 7.99. The van der Waals surface area contributed by atoms with Crippen LogP contribution >= 0.6 is 58.0 Å². The van der Waals surface area contributed by atoms with Crippen molar-refractivity contribution in [2.75, 3.05) is 0 Å². The fraction of sp³-hybridized carbons (Fsp3) is 0. The molecular formula is C12H5Cl5. The predicted molar refractivity (Wildman–Crippen MR) is 76.9 cm³/mol. The van der Waals surface area contributed by atoms with Crippen LogP contribution < -0.4 is 0 Å². The average Bonchev–Trinajstić information content (AvgIpc) is 2.25. The minimum absolute atomic E-state index is 0.335. The molecule has 2 aromatic carbocycles. The van der Waals surface area contributed by atoms with Gasteiger partial charge in [0.1, 0.15) is 0 Å². The highest BCUT2D eigenvalue weighted by Gasteiger charge is 2.10. The Hall–Kier alpha value is -0.110. The van der Waals surface area contributed by atoms with Gasteiger partial charge in [-0.2, -0.15) is 0 Å². The van der Waals surface area contributed by atoms with Crippen LogP contribution in [0.15, 0.2) is 30.3 Å². The van der Waals surface area contributed by atoms with E-state index in [-0.39, 0.29) is 0 Å². The standard InChI is InChI=1S/C12H5Cl5/c13-7-1-2-8(9(14)5-7)6-3-10(15)12(17)11(16)4-6/h1-5H. The van der Waals surface area contributed by atoms with Crippen LogP contribution in [0.25, 0.3) is 11.1 Å². The maximum atomic E-state index is 6.10. The first-order valence-electron chi connectivity index (χ1n) is 4.59. The van der Waals surface area contributed by atoms with Gasteiger partial charge in [0.25, 0.3) is 0 Å². The Morgan fingerprint density at radius 1 is 0.647 bits per heavy atom. The summed E-state index contributed by atoms with van der Waals surface area (Å²) >= 11 is 29.8. The van der Waals surface area contributed by atoms with Crippen molar-refractivity contribution in [3.8, 4) is 11.1 Å². The maximum absolute atomic E-state index is 6.10. The van der Waals surface area contributed by atoms with Crippen LogP contribution in [0.2, 0.25) is 25.1 Å². The summed E-state index contributed by atoms with van der Waals surface area (Å²) in [5.74, 6) is 0. The van der Waals surface area contributed by atoms with Crippen molar-refractivity contribution in [3.63, 3.8) is 0 Å². The van der Waals surface area contributed by atoms with Gasteiger partial charge in [-0.3, -0.25) is 0 Å². The Balaban J connectivity index is 2.61. The number of benzene rings is 2. The van der Waals surface area contributed by atoms with E-state index in [0.29, 0.717) is 25.1 Å². The molecule has 0 spiro atoms. The van der Waals surface area contributed by atoms with Crippen LogP contribution in [0.1, 0.15) is 0 Å². The fourth-order valence-corrected chi connectivity index (χ4v) is 2.55. The maximum Gasteiger partial charge on any atom is 0.0778 e. The highest BCUT2D eigenvalue weighted by atomic mass is 35.5. The molecule has 0 aliphatic rings. The van der Waals surface area contributed by atoms with Crippen LogP contribution in [0.4, 0.5) is 0 Å². The minimum atomic E-state index is 0.335. The summed E-state index contributed by atoms with van der Waals surface area (Å²) in [4.78, 5) is 0. The van der Waals surface area contributed by atoms with Gasteiger partial charge in [0.2, 0.25) is 0 Å². The lowest BCUT2D eigenvalue weighted by molar-refractivity contribution is 1.61. The molecule has 5 heteroatoms. The SMILES string of the molecule is Clc1ccc(-c2cc(Cl)c(Cl)c(Cl)c2)c(Cl)c1. The molecule has 88 valence electrons. The summed E-state index contributed by atoms with van der Waals surface area (Å²) in [6.07, 6.45) is 0. The normalized spacial score (nSPS) is 10.6. The Bertz CT molecular complexity index is 554. The fourth-order valence-electron chi connectivity index (χ4n) is 1.43. The van der Waals surface area contributed by atoms with E-state index in [1.807, 2.05) is 0 Å². The molecular weight excluding hydrogens is 321 g/mol. The van der Waals surface area contributed by atoms with Crippen LogP contribution in [0.3, 0.4) is 0 Å². The zero-order chi connectivity index (χ0) is 12.6. The molecule has 0 N–H and O–H groups in total. The minimum Gasteiger partial charge on any atom is -0.0843 e. The summed E-state index contributed by atoms with van der Waals surface area (Å²) in [5, 5.41) is 2.22. The van der Waals surface area contributed by atoms with Gasteiger partial charge >= 0.3 is 0 Å². The molecule has 2 aromatic rings. The van der Waals surface area contributed by atoms with Gasteiger partial charge < -0.3 is 0 Å². The van der Waals surface area contributed by atoms with Crippen molar-refractivity contribution < 1.29 is 0 Å². The number of hydrogen-bond donors (Lipinski definition) is 0. The Morgan fingerprint density at radius 2 is 1.24 bits per heavy atom. The van der Waals surface area contributed by atoms with E-state index < -0.39 is 0 Å². The Labute approximate surface area is 124 Å². The van der Waals surface area contributed by atoms with E-state index in [0.717, 1.165) is 11.1 Å². The second-order valence-corrected chi connectivity index (χ2v) is 5.41. The quantitative estimate of drug-likeness (QED) is 0.517. The van der Waals surface area contributed by atoms with Crippen molar-refractivity contribution >= 4 is 58.0 Å². The van der Waals surface area contributed by atoms with Gasteiger partial charge in [-0.1, -0.05) is 64.1 Å². The molecule has 0 unspecified atom stereocenters. The van der Waals surface area contributed by atoms with Gasteiger partial charge in [-0.05, 0) is 29.8 Å². The van der Waals surface area contributed by atoms with Gasteiger partial charge in [0, 0.05) is 15.6 Å². The summed E-state index contributed by atoms with van der Waals surface area (Å²) in [6.45, 7) is 0. The van der Waals surface area contributed by atoms with E-state index in [1.54, 1.807) is 30.3 Å². The molecule has 0 heterocycles. The predicted octanol–water partition coefficient (Wildman–Crippen LogP) is 6.62. The van der Waals surface area contributed by atoms with Gasteiger partial charge in [-0.15, -0.1) is 0 Å². The third kappa shape index (κ3) is 2.83. The zero-order valence-corrected chi connectivity index (χ0v) is 12.1. The van der Waals surface area contributed by atoms with Crippen molar-refractivity contribution in [3.05, 3.63) is 55.4 Å². The average molecular weight is 326 g/mol. The van der Waals surface area contributed by atoms with E-state index >= 15 is 0 Å². The molecule has 17 heavy (non-hydrogen) atoms. The van der Waals surface area contributed by atoms with Crippen LogP contribution in [-0.4, -0.2) is 0 Å². The molecule has 0 fully saturated rings. The highest BCUT2D eigenvalue weighted by Crippen LogP contribution is 2.37. The lowest BCUT2D eigenvalue weighted by atomic mass is 10.1. The molecule has 0 saturated carbocycles. The van der Waals surface area contributed by atoms with Crippen LogP contribution in [0.5, 0.6) is 0 Å². The zero-order valence-electron chi connectivity index (χ0n) is 8.28. The largest absolute Gasteiger partial charge is 0.0843 e. The van der Waals surface area contributed by atoms with E-state index in [4.69, 9.17) is 58.0 Å². The first-order valence-corrected chi connectivity index (χ1v) is 6.48. The monoisotopic (exact) mass is 324 g/mol. The Kier molecular flexibility index (Phi) is 4.12. The van der Waals surface area contributed by atoms with E-state index in [9.17, 15) is 0 Å². The molecule has 0 atom stereocenters. The molecule has 0 aliphatic carbocycles. The van der Waals surface area contributed by atoms with Crippen molar-refractivity contribution in [2.45, 2.75) is 0 Å². The molecule has 0 aliphatic heterocycles. The van der Waals surface area contributed by atoms with Crippen LogP contribution in [-0.2, 0) is 0 Å². The molecule has 0 saturated heterocycles. The molecule has 0 amide bonds. The lowest BCUT2D eigenvalue weighted by Crippen LogP contribution is -1.82. The number of rotatable bonds is 1. The third-order valence-corrected chi connectivity index (χ3v) is 3.97. The smallest absolute Gasteiger partial charge is 0.0778 e. The number of halogens is 5. The van der Waals surface area contributed by atoms with E-state index in [2.05, 4.69) is 0 Å². The summed E-state index contributed by atoms with van der Waals surface area (Å²) in [7, 11) is 0. The molecule has 0 aromatic heterocycles. The summed E-state index contributed by atoms with van der Waals surface area (Å²) < 4.78 is 0. The van der Waals surface area contributed by atoms with Gasteiger partial charge in [-0.25, -0.2) is 0 Å². The summed E-state index contributed by atoms with van der Waals surface area (Å²) in [6, 6.07) is 8.64. The summed E-state index contributed by atoms with van der Waals surface area (Å²) in [5.41, 5.74) is 1.60. The molecule has 0 radical (unpaired) electrons. The van der Waals surface area contributed by atoms with Crippen molar-refractivity contribution in [2.24, 2.45) is 0 Å². The third-order valence-electron chi connectivity index (χ3n) is 2.23. The second-order valence-electron chi connectivity index (χ2n) is 3.38. The number of hydrogen-bond acceptors (Lipinski definition) is 0. The van der Waals surface area contributed by atoms with E-state index in [1.165, 1.54) is 0 Å². The molecule has 0 bridgehead atoms. The highest BCUT2D eigenvalue weighted by molar-refractivity contribution is 6.48. The Morgan fingerprint density at radius 3 is 1.76 bits per heavy atom. The van der Waals surface area contributed by atoms with Crippen LogP contribution in [0, 0.1) is 0 Å². The van der Waals surface area contributed by atoms with Crippen molar-refractivity contribution in [1.29, 1.82) is 0 Å². The topological polar surface area (TPSA) is 0 Å². The second kappa shape index (κ2) is 5.26.